The molecule has 0 bridgehead atoms. The number of halogens is 2. The Bertz CT molecular complexity index is 1370. The summed E-state index contributed by atoms with van der Waals surface area (Å²) in [6.07, 6.45) is 0. The molecule has 1 aliphatic heterocycles. The average Bonchev–Trinajstić information content (AvgIpc) is 3.15. The maximum Gasteiger partial charge on any atom is 0.300 e. The predicted molar refractivity (Wildman–Crippen MR) is 142 cm³/mol. The van der Waals surface area contributed by atoms with Gasteiger partial charge in [-0.25, -0.2) is 0 Å². The van der Waals surface area contributed by atoms with Crippen LogP contribution in [-0.2, 0) is 9.59 Å². The molecule has 0 spiro atoms. The van der Waals surface area contributed by atoms with E-state index in [0.29, 0.717) is 27.8 Å². The minimum atomic E-state index is -0.940. The number of carbonyl (C=O) groups is 2. The van der Waals surface area contributed by atoms with Crippen molar-refractivity contribution in [3.63, 3.8) is 0 Å². The van der Waals surface area contributed by atoms with E-state index < -0.39 is 17.7 Å². The van der Waals surface area contributed by atoms with Crippen LogP contribution in [0.15, 0.2) is 66.2 Å². The lowest BCUT2D eigenvalue weighted by Gasteiger charge is -2.26. The van der Waals surface area contributed by atoms with Gasteiger partial charge in [0.05, 0.1) is 35.9 Å². The number of hydrogen-bond donors (Lipinski definition) is 1. The molecule has 3 aromatic rings. The summed E-state index contributed by atoms with van der Waals surface area (Å²) < 4.78 is 10.8. The average molecular weight is 527 g/mol. The van der Waals surface area contributed by atoms with E-state index in [1.54, 1.807) is 30.3 Å². The first-order valence-corrected chi connectivity index (χ1v) is 11.7. The highest BCUT2D eigenvalue weighted by atomic mass is 35.5. The van der Waals surface area contributed by atoms with E-state index in [1.165, 1.54) is 37.3 Å². The molecule has 0 aromatic heterocycles. The van der Waals surface area contributed by atoms with Crippen molar-refractivity contribution in [3.05, 3.63) is 87.4 Å². The summed E-state index contributed by atoms with van der Waals surface area (Å²) in [5.74, 6) is -1.06. The normalized spacial score (nSPS) is 16.8. The summed E-state index contributed by atoms with van der Waals surface area (Å²) in [5.41, 5.74) is 2.15. The highest BCUT2D eigenvalue weighted by Crippen LogP contribution is 2.44. The van der Waals surface area contributed by atoms with Gasteiger partial charge in [-0.15, -0.1) is 0 Å². The Kier molecular flexibility index (Phi) is 7.15. The molecule has 36 heavy (non-hydrogen) atoms. The van der Waals surface area contributed by atoms with E-state index >= 15 is 0 Å². The second kappa shape index (κ2) is 10.1. The van der Waals surface area contributed by atoms with Gasteiger partial charge >= 0.3 is 0 Å². The van der Waals surface area contributed by atoms with Crippen LogP contribution < -0.4 is 19.3 Å². The smallest absolute Gasteiger partial charge is 0.300 e. The molecule has 1 fully saturated rings. The fourth-order valence-electron chi connectivity index (χ4n) is 4.15. The lowest BCUT2D eigenvalue weighted by molar-refractivity contribution is -0.132. The molecule has 7 nitrogen and oxygen atoms in total. The van der Waals surface area contributed by atoms with Crippen molar-refractivity contribution in [2.45, 2.75) is 6.04 Å². The van der Waals surface area contributed by atoms with Gasteiger partial charge in [-0.2, -0.15) is 0 Å². The molecule has 0 radical (unpaired) electrons. The second-order valence-corrected chi connectivity index (χ2v) is 9.14. The summed E-state index contributed by atoms with van der Waals surface area (Å²) in [4.78, 5) is 30.0. The summed E-state index contributed by atoms with van der Waals surface area (Å²) in [6.45, 7) is 0. The topological polar surface area (TPSA) is 79.3 Å². The van der Waals surface area contributed by atoms with E-state index in [-0.39, 0.29) is 21.9 Å². The highest BCUT2D eigenvalue weighted by Gasteiger charge is 2.47. The van der Waals surface area contributed by atoms with Gasteiger partial charge in [-0.05, 0) is 60.2 Å². The molecule has 3 aromatic carbocycles. The number of aliphatic hydroxyl groups is 1. The molecular weight excluding hydrogens is 503 g/mol. The van der Waals surface area contributed by atoms with Crippen molar-refractivity contribution in [1.29, 1.82) is 0 Å². The Labute approximate surface area is 219 Å². The van der Waals surface area contributed by atoms with Crippen LogP contribution in [-0.4, -0.2) is 45.1 Å². The van der Waals surface area contributed by atoms with Crippen molar-refractivity contribution in [3.8, 4) is 11.5 Å². The summed E-state index contributed by atoms with van der Waals surface area (Å²) >= 11 is 12.2. The molecule has 1 unspecified atom stereocenters. The Morgan fingerprint density at radius 1 is 0.889 bits per heavy atom. The zero-order valence-electron chi connectivity index (χ0n) is 20.1. The lowest BCUT2D eigenvalue weighted by atomic mass is 9.94. The third kappa shape index (κ3) is 4.47. The van der Waals surface area contributed by atoms with Crippen LogP contribution in [0.4, 0.5) is 11.4 Å². The largest absolute Gasteiger partial charge is 0.507 e. The molecule has 0 saturated carbocycles. The molecule has 1 saturated heterocycles. The molecule has 4 rings (SSSR count). The van der Waals surface area contributed by atoms with Gasteiger partial charge < -0.3 is 19.5 Å². The van der Waals surface area contributed by atoms with E-state index in [4.69, 9.17) is 32.7 Å². The zero-order valence-corrected chi connectivity index (χ0v) is 21.6. The number of amides is 1. The van der Waals surface area contributed by atoms with Crippen molar-refractivity contribution in [2.75, 3.05) is 38.1 Å². The maximum atomic E-state index is 13.4. The molecule has 0 aliphatic carbocycles. The number of ether oxygens (including phenoxy) is 2. The van der Waals surface area contributed by atoms with Crippen LogP contribution in [0.2, 0.25) is 10.0 Å². The van der Waals surface area contributed by atoms with Crippen LogP contribution in [0.3, 0.4) is 0 Å². The van der Waals surface area contributed by atoms with E-state index in [2.05, 4.69) is 0 Å². The van der Waals surface area contributed by atoms with Crippen LogP contribution in [0, 0.1) is 0 Å². The summed E-state index contributed by atoms with van der Waals surface area (Å²) in [6, 6.07) is 15.9. The van der Waals surface area contributed by atoms with Crippen LogP contribution >= 0.6 is 23.2 Å². The van der Waals surface area contributed by atoms with Gasteiger partial charge in [-0.3, -0.25) is 14.5 Å². The second-order valence-electron chi connectivity index (χ2n) is 8.32. The minimum absolute atomic E-state index is 0.0812. The van der Waals surface area contributed by atoms with Crippen LogP contribution in [0.1, 0.15) is 17.2 Å². The van der Waals surface area contributed by atoms with E-state index in [0.717, 1.165) is 5.69 Å². The van der Waals surface area contributed by atoms with Gasteiger partial charge in [0.2, 0.25) is 0 Å². The van der Waals surface area contributed by atoms with Crippen molar-refractivity contribution >= 4 is 52.0 Å². The maximum absolute atomic E-state index is 13.4. The fraction of sp³-hybridized carbons (Fsp3) is 0.185. The summed E-state index contributed by atoms with van der Waals surface area (Å²) in [5, 5.41) is 11.8. The number of carbonyl (C=O) groups excluding carboxylic acids is 2. The number of methoxy groups -OCH3 is 2. The Morgan fingerprint density at radius 3 is 2.14 bits per heavy atom. The third-order valence-electron chi connectivity index (χ3n) is 6.01. The number of aliphatic hydroxyl groups excluding tert-OH is 1. The van der Waals surface area contributed by atoms with Crippen LogP contribution in [0.5, 0.6) is 11.5 Å². The number of hydrogen-bond acceptors (Lipinski definition) is 6. The van der Waals surface area contributed by atoms with Gasteiger partial charge in [0.15, 0.2) is 11.5 Å². The van der Waals surface area contributed by atoms with Gasteiger partial charge in [0.1, 0.15) is 5.76 Å². The fourth-order valence-corrected chi connectivity index (χ4v) is 4.45. The van der Waals surface area contributed by atoms with Gasteiger partial charge in [0.25, 0.3) is 11.7 Å². The van der Waals surface area contributed by atoms with Crippen molar-refractivity contribution in [1.82, 2.24) is 0 Å². The molecule has 186 valence electrons. The third-order valence-corrected chi connectivity index (χ3v) is 6.74. The molecular formula is C27H24Cl2N2O5. The first-order valence-electron chi connectivity index (χ1n) is 10.9. The molecule has 1 atom stereocenters. The standard InChI is InChI=1S/C27H24Cl2N2O5/c1-30(2)17-7-9-18(10-8-17)31-24(15-6-12-21(35-3)22(14-15)36-4)23(26(33)27(31)34)25(32)16-5-11-19(28)20(29)13-16/h5-14,24,32H,1-4H3/b25-23-. The first kappa shape index (κ1) is 25.4. The monoisotopic (exact) mass is 526 g/mol. The summed E-state index contributed by atoms with van der Waals surface area (Å²) in [7, 11) is 6.82. The first-order chi connectivity index (χ1) is 17.2. The number of ketones is 1. The number of rotatable bonds is 6. The van der Waals surface area contributed by atoms with Crippen molar-refractivity contribution < 1.29 is 24.2 Å². The zero-order chi connectivity index (χ0) is 26.1. The molecule has 1 N–H and O–H groups in total. The Morgan fingerprint density at radius 2 is 1.56 bits per heavy atom. The Balaban J connectivity index is 1.95. The number of benzene rings is 3. The number of nitrogens with zero attached hydrogens (tertiary/aromatic N) is 2. The quantitative estimate of drug-likeness (QED) is 0.252. The van der Waals surface area contributed by atoms with Gasteiger partial charge in [-0.1, -0.05) is 29.3 Å². The minimum Gasteiger partial charge on any atom is -0.507 e. The van der Waals surface area contributed by atoms with Crippen LogP contribution in [0.25, 0.3) is 5.76 Å². The molecule has 1 heterocycles. The number of Topliss-reactive ketones (excluding diaryl/α,β-unsaturated/α-hetero) is 1. The van der Waals surface area contributed by atoms with E-state index in [9.17, 15) is 14.7 Å². The lowest BCUT2D eigenvalue weighted by Crippen LogP contribution is -2.29. The SMILES string of the molecule is COc1ccc(C2/C(=C(/O)c3ccc(Cl)c(Cl)c3)C(=O)C(=O)N2c2ccc(N(C)C)cc2)cc1OC. The molecule has 9 heteroatoms. The predicted octanol–water partition coefficient (Wildman–Crippen LogP) is 5.70. The highest BCUT2D eigenvalue weighted by molar-refractivity contribution is 6.51. The van der Waals surface area contributed by atoms with E-state index in [1.807, 2.05) is 31.1 Å². The van der Waals surface area contributed by atoms with Gasteiger partial charge in [0, 0.05) is 31.0 Å². The number of anilines is 2. The molecule has 1 aliphatic rings. The van der Waals surface area contributed by atoms with Crippen molar-refractivity contribution in [2.24, 2.45) is 0 Å². The molecule has 1 amide bonds. The Hall–Kier alpha value is -3.68.